The third-order valence-corrected chi connectivity index (χ3v) is 5.30. The maximum atomic E-state index is 12.2. The first-order chi connectivity index (χ1) is 12.1. The largest absolute Gasteiger partial charge is 0.369 e. The van der Waals surface area contributed by atoms with Crippen LogP contribution in [0.1, 0.15) is 4.88 Å². The van der Waals surface area contributed by atoms with Crippen LogP contribution in [-0.2, 0) is 11.3 Å². The predicted molar refractivity (Wildman–Crippen MR) is 105 cm³/mol. The van der Waals surface area contributed by atoms with Crippen molar-refractivity contribution in [3.63, 3.8) is 0 Å². The summed E-state index contributed by atoms with van der Waals surface area (Å²) >= 11 is 1.72. The van der Waals surface area contributed by atoms with Crippen LogP contribution < -0.4 is 10.2 Å². The Morgan fingerprint density at radius 1 is 1.16 bits per heavy atom. The first-order valence-electron chi connectivity index (χ1n) is 8.64. The molecule has 0 saturated carbocycles. The number of anilines is 2. The van der Waals surface area contributed by atoms with Gasteiger partial charge in [0.05, 0.1) is 6.54 Å². The van der Waals surface area contributed by atoms with Crippen molar-refractivity contribution in [3.05, 3.63) is 46.7 Å². The number of carbonyl (C=O) groups excluding carboxylic acids is 1. The molecule has 25 heavy (non-hydrogen) atoms. The van der Waals surface area contributed by atoms with Gasteiger partial charge in [0.15, 0.2) is 0 Å². The number of rotatable bonds is 6. The first kappa shape index (κ1) is 17.9. The van der Waals surface area contributed by atoms with Gasteiger partial charge in [-0.25, -0.2) is 0 Å². The number of nitrogens with one attached hydrogen (secondary N) is 1. The summed E-state index contributed by atoms with van der Waals surface area (Å²) in [7, 11) is 4.13. The number of benzene rings is 1. The summed E-state index contributed by atoms with van der Waals surface area (Å²) in [5.41, 5.74) is 2.08. The molecule has 6 heteroatoms. The lowest BCUT2D eigenvalue weighted by Gasteiger charge is -2.34. The number of likely N-dealkylation sites (N-methyl/N-ethyl adjacent to an activating group) is 2. The molecule has 0 bridgehead atoms. The van der Waals surface area contributed by atoms with E-state index in [2.05, 4.69) is 45.7 Å². The van der Waals surface area contributed by atoms with Crippen molar-refractivity contribution in [2.24, 2.45) is 0 Å². The monoisotopic (exact) mass is 358 g/mol. The van der Waals surface area contributed by atoms with Gasteiger partial charge in [-0.2, -0.15) is 0 Å². The third kappa shape index (κ3) is 5.29. The lowest BCUT2D eigenvalue weighted by Crippen LogP contribution is -2.44. The number of hydrogen-bond donors (Lipinski definition) is 1. The van der Waals surface area contributed by atoms with Gasteiger partial charge in [0, 0.05) is 49.0 Å². The van der Waals surface area contributed by atoms with E-state index in [0.717, 1.165) is 38.4 Å². The minimum absolute atomic E-state index is 0.0198. The second-order valence-electron chi connectivity index (χ2n) is 6.64. The summed E-state index contributed by atoms with van der Waals surface area (Å²) in [6, 6.07) is 12.3. The van der Waals surface area contributed by atoms with Crippen LogP contribution in [0.2, 0.25) is 0 Å². The van der Waals surface area contributed by atoms with E-state index in [1.807, 2.05) is 30.1 Å². The molecule has 0 aliphatic carbocycles. The molecule has 0 radical (unpaired) electrons. The number of thiophene rings is 1. The van der Waals surface area contributed by atoms with E-state index < -0.39 is 0 Å². The van der Waals surface area contributed by atoms with Crippen LogP contribution in [0, 0.1) is 0 Å². The zero-order valence-corrected chi connectivity index (χ0v) is 15.8. The fourth-order valence-electron chi connectivity index (χ4n) is 2.99. The predicted octanol–water partition coefficient (Wildman–Crippen LogP) is 2.57. The molecule has 1 aromatic heterocycles. The van der Waals surface area contributed by atoms with Gasteiger partial charge in [-0.05, 0) is 49.8 Å². The molecule has 1 fully saturated rings. The molecule has 0 spiro atoms. The second-order valence-corrected chi connectivity index (χ2v) is 7.67. The standard InChI is InChI=1S/C19H26N4OS/c1-21-9-11-23(12-10-21)17-7-5-16(6-8-17)20-19(24)15-22(2)14-18-4-3-13-25-18/h3-8,13H,9-12,14-15H2,1-2H3,(H,20,24). The third-order valence-electron chi connectivity index (χ3n) is 4.44. The van der Waals surface area contributed by atoms with Crippen molar-refractivity contribution in [2.75, 3.05) is 57.0 Å². The van der Waals surface area contributed by atoms with Crippen molar-refractivity contribution in [3.8, 4) is 0 Å². The topological polar surface area (TPSA) is 38.8 Å². The minimum atomic E-state index is 0.0198. The molecular weight excluding hydrogens is 332 g/mol. The second kappa shape index (κ2) is 8.47. The fraction of sp³-hybridized carbons (Fsp3) is 0.421. The number of piperazine rings is 1. The van der Waals surface area contributed by atoms with E-state index in [4.69, 9.17) is 0 Å². The van der Waals surface area contributed by atoms with E-state index in [1.165, 1.54) is 10.6 Å². The van der Waals surface area contributed by atoms with Crippen LogP contribution in [0.4, 0.5) is 11.4 Å². The number of carbonyl (C=O) groups is 1. The van der Waals surface area contributed by atoms with Crippen molar-refractivity contribution in [2.45, 2.75) is 6.54 Å². The van der Waals surface area contributed by atoms with E-state index in [9.17, 15) is 4.79 Å². The van der Waals surface area contributed by atoms with Gasteiger partial charge < -0.3 is 15.1 Å². The molecule has 1 amide bonds. The maximum Gasteiger partial charge on any atom is 0.238 e. The Balaban J connectivity index is 1.48. The Morgan fingerprint density at radius 2 is 1.88 bits per heavy atom. The van der Waals surface area contributed by atoms with Crippen LogP contribution in [0.5, 0.6) is 0 Å². The fourth-order valence-corrected chi connectivity index (χ4v) is 3.77. The lowest BCUT2D eigenvalue weighted by atomic mass is 10.2. The average molecular weight is 359 g/mol. The van der Waals surface area contributed by atoms with Crippen molar-refractivity contribution < 1.29 is 4.79 Å². The van der Waals surface area contributed by atoms with Crippen LogP contribution in [-0.4, -0.2) is 62.5 Å². The molecule has 2 aromatic rings. The molecule has 1 saturated heterocycles. The van der Waals surface area contributed by atoms with E-state index in [-0.39, 0.29) is 5.91 Å². The smallest absolute Gasteiger partial charge is 0.238 e. The Hall–Kier alpha value is -1.89. The van der Waals surface area contributed by atoms with Gasteiger partial charge in [-0.15, -0.1) is 11.3 Å². The minimum Gasteiger partial charge on any atom is -0.369 e. The van der Waals surface area contributed by atoms with Gasteiger partial charge in [0.1, 0.15) is 0 Å². The van der Waals surface area contributed by atoms with E-state index in [1.54, 1.807) is 11.3 Å². The normalized spacial score (nSPS) is 15.6. The summed E-state index contributed by atoms with van der Waals surface area (Å²) in [6.07, 6.45) is 0. The van der Waals surface area contributed by atoms with Crippen LogP contribution in [0.3, 0.4) is 0 Å². The van der Waals surface area contributed by atoms with Crippen molar-refractivity contribution in [1.29, 1.82) is 0 Å². The Labute approximate surface area is 153 Å². The highest BCUT2D eigenvalue weighted by molar-refractivity contribution is 7.09. The number of nitrogens with zero attached hydrogens (tertiary/aromatic N) is 3. The number of hydrogen-bond acceptors (Lipinski definition) is 5. The molecule has 134 valence electrons. The highest BCUT2D eigenvalue weighted by Gasteiger charge is 2.14. The SMILES string of the molecule is CN1CCN(c2ccc(NC(=O)CN(C)Cc3cccs3)cc2)CC1. The molecule has 0 atom stereocenters. The van der Waals surface area contributed by atoms with Gasteiger partial charge in [0.2, 0.25) is 5.91 Å². The highest BCUT2D eigenvalue weighted by Crippen LogP contribution is 2.19. The maximum absolute atomic E-state index is 12.2. The van der Waals surface area contributed by atoms with Crippen LogP contribution in [0.15, 0.2) is 41.8 Å². The van der Waals surface area contributed by atoms with E-state index >= 15 is 0 Å². The molecule has 0 unspecified atom stereocenters. The summed E-state index contributed by atoms with van der Waals surface area (Å²) in [5.74, 6) is 0.0198. The number of amides is 1. The molecule has 1 aliphatic heterocycles. The Kier molecular flexibility index (Phi) is 6.07. The first-order valence-corrected chi connectivity index (χ1v) is 9.52. The zero-order valence-electron chi connectivity index (χ0n) is 14.9. The molecule has 2 heterocycles. The Morgan fingerprint density at radius 3 is 2.52 bits per heavy atom. The Bertz CT molecular complexity index is 663. The molecule has 1 N–H and O–H groups in total. The summed E-state index contributed by atoms with van der Waals surface area (Å²) < 4.78 is 0. The highest BCUT2D eigenvalue weighted by atomic mass is 32.1. The van der Waals surface area contributed by atoms with Crippen LogP contribution >= 0.6 is 11.3 Å². The van der Waals surface area contributed by atoms with Gasteiger partial charge in [0.25, 0.3) is 0 Å². The lowest BCUT2D eigenvalue weighted by molar-refractivity contribution is -0.117. The molecular formula is C19H26N4OS. The molecule has 1 aromatic carbocycles. The average Bonchev–Trinajstić information content (AvgIpc) is 3.09. The summed E-state index contributed by atoms with van der Waals surface area (Å²) in [5, 5.41) is 5.05. The van der Waals surface area contributed by atoms with E-state index in [0.29, 0.717) is 6.54 Å². The molecule has 1 aliphatic rings. The quantitative estimate of drug-likeness (QED) is 0.861. The zero-order chi connectivity index (χ0) is 17.6. The molecule has 3 rings (SSSR count). The van der Waals surface area contributed by atoms with Crippen molar-refractivity contribution >= 4 is 28.6 Å². The van der Waals surface area contributed by atoms with Crippen LogP contribution in [0.25, 0.3) is 0 Å². The summed E-state index contributed by atoms with van der Waals surface area (Å²) in [6.45, 7) is 5.47. The van der Waals surface area contributed by atoms with Gasteiger partial charge >= 0.3 is 0 Å². The summed E-state index contributed by atoms with van der Waals surface area (Å²) in [4.78, 5) is 20.2. The van der Waals surface area contributed by atoms with Gasteiger partial charge in [-0.1, -0.05) is 6.07 Å². The van der Waals surface area contributed by atoms with Crippen molar-refractivity contribution in [1.82, 2.24) is 9.80 Å². The molecule has 5 nitrogen and oxygen atoms in total. The van der Waals surface area contributed by atoms with Gasteiger partial charge in [-0.3, -0.25) is 9.69 Å².